The van der Waals surface area contributed by atoms with Gasteiger partial charge < -0.3 is 15.6 Å². The van der Waals surface area contributed by atoms with Crippen molar-refractivity contribution in [2.24, 2.45) is 0 Å². The summed E-state index contributed by atoms with van der Waals surface area (Å²) in [7, 11) is 0. The van der Waals surface area contributed by atoms with E-state index >= 15 is 0 Å². The number of hydrogen-bond acceptors (Lipinski definition) is 7. The number of anilines is 1. The van der Waals surface area contributed by atoms with Gasteiger partial charge in [-0.2, -0.15) is 4.98 Å². The Kier molecular flexibility index (Phi) is 3.29. The highest BCUT2D eigenvalue weighted by atomic mass is 32.1. The SMILES string of the molecule is Nc1nc(Oc2csc(C(=O)O)c2)ccc1[N+](=O)[O-]. The molecule has 0 saturated carbocycles. The van der Waals surface area contributed by atoms with Crippen LogP contribution in [0.2, 0.25) is 0 Å². The Bertz CT molecular complexity index is 654. The Morgan fingerprint density at radius 1 is 1.53 bits per heavy atom. The number of carboxylic acid groups (broad SMARTS) is 1. The molecule has 98 valence electrons. The number of carboxylic acids is 1. The molecule has 0 aromatic carbocycles. The van der Waals surface area contributed by atoms with E-state index in [2.05, 4.69) is 4.98 Å². The van der Waals surface area contributed by atoms with Crippen LogP contribution < -0.4 is 10.5 Å². The van der Waals surface area contributed by atoms with Gasteiger partial charge in [0, 0.05) is 23.6 Å². The van der Waals surface area contributed by atoms with Crippen molar-refractivity contribution in [2.75, 3.05) is 5.73 Å². The van der Waals surface area contributed by atoms with Crippen molar-refractivity contribution in [1.29, 1.82) is 0 Å². The fourth-order valence-corrected chi connectivity index (χ4v) is 1.91. The molecule has 0 aliphatic carbocycles. The molecule has 9 heteroatoms. The highest BCUT2D eigenvalue weighted by Gasteiger charge is 2.14. The molecule has 0 amide bonds. The zero-order valence-corrected chi connectivity index (χ0v) is 10.1. The summed E-state index contributed by atoms with van der Waals surface area (Å²) in [5.41, 5.74) is 5.09. The summed E-state index contributed by atoms with van der Waals surface area (Å²) >= 11 is 0.997. The van der Waals surface area contributed by atoms with E-state index in [1.165, 1.54) is 23.6 Å². The average Bonchev–Trinajstić information content (AvgIpc) is 2.77. The topological polar surface area (TPSA) is 129 Å². The van der Waals surface area contributed by atoms with Crippen molar-refractivity contribution in [3.05, 3.63) is 38.6 Å². The second-order valence-corrected chi connectivity index (χ2v) is 4.28. The molecule has 2 aromatic heterocycles. The first-order valence-corrected chi connectivity index (χ1v) is 5.76. The molecule has 3 N–H and O–H groups in total. The fraction of sp³-hybridized carbons (Fsp3) is 0. The van der Waals surface area contributed by atoms with Gasteiger partial charge >= 0.3 is 11.7 Å². The van der Waals surface area contributed by atoms with Crippen molar-refractivity contribution in [2.45, 2.75) is 0 Å². The third-order valence-corrected chi connectivity index (χ3v) is 2.98. The van der Waals surface area contributed by atoms with Gasteiger partial charge in [-0.1, -0.05) is 0 Å². The highest BCUT2D eigenvalue weighted by Crippen LogP contribution is 2.28. The van der Waals surface area contributed by atoms with Crippen molar-refractivity contribution >= 4 is 28.8 Å². The van der Waals surface area contributed by atoms with E-state index in [9.17, 15) is 14.9 Å². The van der Waals surface area contributed by atoms with Crippen LogP contribution in [-0.4, -0.2) is 21.0 Å². The Balaban J connectivity index is 2.21. The molecule has 0 bridgehead atoms. The van der Waals surface area contributed by atoms with Crippen LogP contribution in [0.4, 0.5) is 11.5 Å². The minimum absolute atomic E-state index is 0.0536. The maximum absolute atomic E-state index is 10.7. The van der Waals surface area contributed by atoms with Crippen LogP contribution in [-0.2, 0) is 0 Å². The van der Waals surface area contributed by atoms with Gasteiger partial charge in [-0.3, -0.25) is 10.1 Å². The summed E-state index contributed by atoms with van der Waals surface area (Å²) in [5.74, 6) is -0.992. The van der Waals surface area contributed by atoms with Crippen LogP contribution >= 0.6 is 11.3 Å². The van der Waals surface area contributed by atoms with Gasteiger partial charge in [0.2, 0.25) is 11.7 Å². The van der Waals surface area contributed by atoms with Gasteiger partial charge in [0.1, 0.15) is 10.6 Å². The van der Waals surface area contributed by atoms with E-state index < -0.39 is 10.9 Å². The summed E-state index contributed by atoms with van der Waals surface area (Å²) < 4.78 is 5.26. The first-order chi connectivity index (χ1) is 8.97. The Labute approximate surface area is 110 Å². The van der Waals surface area contributed by atoms with E-state index in [4.69, 9.17) is 15.6 Å². The van der Waals surface area contributed by atoms with Gasteiger partial charge in [-0.05, 0) is 0 Å². The van der Waals surface area contributed by atoms with Gasteiger partial charge in [-0.25, -0.2) is 4.79 Å². The maximum Gasteiger partial charge on any atom is 0.346 e. The van der Waals surface area contributed by atoms with Crippen LogP contribution in [0.3, 0.4) is 0 Å². The first-order valence-electron chi connectivity index (χ1n) is 4.88. The van der Waals surface area contributed by atoms with Crippen LogP contribution in [0.25, 0.3) is 0 Å². The van der Waals surface area contributed by atoms with Crippen LogP contribution in [0.15, 0.2) is 23.6 Å². The van der Waals surface area contributed by atoms with Crippen LogP contribution in [0.1, 0.15) is 9.67 Å². The molecule has 0 unspecified atom stereocenters. The van der Waals surface area contributed by atoms with Gasteiger partial charge in [-0.15, -0.1) is 11.3 Å². The molecule has 19 heavy (non-hydrogen) atoms. The lowest BCUT2D eigenvalue weighted by atomic mass is 10.4. The molecule has 0 radical (unpaired) electrons. The molecule has 2 aromatic rings. The maximum atomic E-state index is 10.7. The molecule has 0 spiro atoms. The number of nitrogens with two attached hydrogens (primary N) is 1. The minimum Gasteiger partial charge on any atom is -0.477 e. The number of nitrogens with zero attached hydrogens (tertiary/aromatic N) is 2. The number of pyridine rings is 1. The highest BCUT2D eigenvalue weighted by molar-refractivity contribution is 7.12. The molecule has 0 aliphatic rings. The Morgan fingerprint density at radius 3 is 2.79 bits per heavy atom. The molecular weight excluding hydrogens is 274 g/mol. The third kappa shape index (κ3) is 2.77. The van der Waals surface area contributed by atoms with E-state index in [-0.39, 0.29) is 28.0 Å². The summed E-state index contributed by atoms with van der Waals surface area (Å²) in [6.07, 6.45) is 0. The lowest BCUT2D eigenvalue weighted by Gasteiger charge is -2.02. The lowest BCUT2D eigenvalue weighted by Crippen LogP contribution is -1.99. The van der Waals surface area contributed by atoms with E-state index in [0.717, 1.165) is 11.3 Å². The van der Waals surface area contributed by atoms with Gasteiger partial charge in [0.05, 0.1) is 4.92 Å². The van der Waals surface area contributed by atoms with Gasteiger partial charge in [0.15, 0.2) is 0 Å². The van der Waals surface area contributed by atoms with Crippen molar-refractivity contribution in [1.82, 2.24) is 4.98 Å². The third-order valence-electron chi connectivity index (χ3n) is 2.08. The number of nitro groups is 1. The number of aromatic nitrogens is 1. The van der Waals surface area contributed by atoms with Crippen molar-refractivity contribution < 1.29 is 19.6 Å². The zero-order valence-electron chi connectivity index (χ0n) is 9.27. The lowest BCUT2D eigenvalue weighted by molar-refractivity contribution is -0.384. The standard InChI is InChI=1S/C10H7N3O5S/c11-9-6(13(16)17)1-2-8(12-9)18-5-3-7(10(14)15)19-4-5/h1-4H,(H2,11,12)(H,14,15). The largest absolute Gasteiger partial charge is 0.477 e. The molecule has 0 saturated heterocycles. The summed E-state index contributed by atoms with van der Waals surface area (Å²) in [5, 5.41) is 20.8. The quantitative estimate of drug-likeness (QED) is 0.648. The minimum atomic E-state index is -1.06. The first kappa shape index (κ1) is 12.8. The normalized spacial score (nSPS) is 10.1. The smallest absolute Gasteiger partial charge is 0.346 e. The molecular formula is C10H7N3O5S. The summed E-state index contributed by atoms with van der Waals surface area (Å²) in [6.45, 7) is 0. The predicted molar refractivity (Wildman–Crippen MR) is 66.7 cm³/mol. The number of thiophene rings is 1. The Hall–Kier alpha value is -2.68. The second kappa shape index (κ2) is 4.90. The molecule has 0 aliphatic heterocycles. The average molecular weight is 281 g/mol. The summed E-state index contributed by atoms with van der Waals surface area (Å²) in [4.78, 5) is 24.4. The predicted octanol–water partition coefficient (Wildman–Crippen LogP) is 2.12. The second-order valence-electron chi connectivity index (χ2n) is 3.36. The molecule has 2 rings (SSSR count). The number of nitrogen functional groups attached to an aromatic ring is 1. The number of carbonyl (C=O) groups is 1. The monoisotopic (exact) mass is 281 g/mol. The number of hydrogen-bond donors (Lipinski definition) is 2. The Morgan fingerprint density at radius 2 is 2.26 bits per heavy atom. The van der Waals surface area contributed by atoms with E-state index in [0.29, 0.717) is 0 Å². The van der Waals surface area contributed by atoms with E-state index in [1.54, 1.807) is 0 Å². The van der Waals surface area contributed by atoms with Crippen molar-refractivity contribution in [3.8, 4) is 11.6 Å². The van der Waals surface area contributed by atoms with Crippen molar-refractivity contribution in [3.63, 3.8) is 0 Å². The molecule has 2 heterocycles. The number of ether oxygens (including phenoxy) is 1. The van der Waals surface area contributed by atoms with Crippen LogP contribution in [0.5, 0.6) is 11.6 Å². The fourth-order valence-electron chi connectivity index (χ4n) is 1.27. The zero-order chi connectivity index (χ0) is 14.0. The van der Waals surface area contributed by atoms with Gasteiger partial charge in [0.25, 0.3) is 0 Å². The number of rotatable bonds is 4. The molecule has 0 atom stereocenters. The molecule has 8 nitrogen and oxygen atoms in total. The molecule has 0 fully saturated rings. The number of aromatic carboxylic acids is 1. The van der Waals surface area contributed by atoms with E-state index in [1.807, 2.05) is 0 Å². The summed E-state index contributed by atoms with van der Waals surface area (Å²) in [6, 6.07) is 3.78. The van der Waals surface area contributed by atoms with Crippen LogP contribution in [0, 0.1) is 10.1 Å².